The lowest BCUT2D eigenvalue weighted by atomic mass is 9.97. The Morgan fingerprint density at radius 3 is 2.57 bits per heavy atom. The second kappa shape index (κ2) is 9.98. The number of aromatic amines is 1. The number of carbonyl (C=O) groups excluding carboxylic acids is 2. The van der Waals surface area contributed by atoms with Crippen molar-refractivity contribution in [3.63, 3.8) is 0 Å². The van der Waals surface area contributed by atoms with Gasteiger partial charge in [-0.25, -0.2) is 13.6 Å². The number of H-pyrrole nitrogens is 1. The predicted molar refractivity (Wildman–Crippen MR) is 136 cm³/mol. The van der Waals surface area contributed by atoms with Crippen LogP contribution in [0.15, 0.2) is 53.6 Å². The predicted octanol–water partition coefficient (Wildman–Crippen LogP) is 1.59. The van der Waals surface area contributed by atoms with E-state index < -0.39 is 27.5 Å². The molecule has 2 amide bonds. The van der Waals surface area contributed by atoms with Gasteiger partial charge in [-0.3, -0.25) is 9.59 Å². The maximum atomic E-state index is 13.6. The number of rotatable bonds is 6. The first-order chi connectivity index (χ1) is 15.9. The van der Waals surface area contributed by atoms with Gasteiger partial charge in [0.2, 0.25) is 21.8 Å². The summed E-state index contributed by atoms with van der Waals surface area (Å²) in [7, 11) is -3.86. The van der Waals surface area contributed by atoms with Crippen molar-refractivity contribution in [1.82, 2.24) is 15.2 Å². The molecule has 188 valence electrons. The molecule has 3 aromatic rings. The summed E-state index contributed by atoms with van der Waals surface area (Å²) in [5, 5.41) is 9.09. The zero-order valence-electron chi connectivity index (χ0n) is 19.6. The normalized spacial score (nSPS) is 14.7. The highest BCUT2D eigenvalue weighted by Crippen LogP contribution is 2.24. The molecule has 9 nitrogen and oxygen atoms in total. The van der Waals surface area contributed by atoms with E-state index in [0.717, 1.165) is 27.6 Å². The van der Waals surface area contributed by atoms with Crippen LogP contribution < -0.4 is 16.2 Å². The summed E-state index contributed by atoms with van der Waals surface area (Å²) < 4.78 is 23.6. The molecule has 2 heterocycles. The molecule has 35 heavy (non-hydrogen) atoms. The number of amides is 2. The number of fused-ring (bicyclic) bond motifs is 2. The van der Waals surface area contributed by atoms with Crippen LogP contribution in [0.1, 0.15) is 30.5 Å². The number of primary sulfonamides is 1. The molecular formula is C24H30ClN5O4S. The number of nitrogens with one attached hydrogen (secondary N) is 2. The molecule has 0 bridgehead atoms. The summed E-state index contributed by atoms with van der Waals surface area (Å²) in [4.78, 5) is 31.2. The van der Waals surface area contributed by atoms with Crippen molar-refractivity contribution in [3.05, 3.63) is 65.4 Å². The fraction of sp³-hybridized carbons (Fsp3) is 0.333. The Morgan fingerprint density at radius 1 is 1.17 bits per heavy atom. The molecule has 11 heteroatoms. The van der Waals surface area contributed by atoms with Crippen LogP contribution in [0.25, 0.3) is 10.9 Å². The second-order valence-corrected chi connectivity index (χ2v) is 10.9. The first-order valence-electron chi connectivity index (χ1n) is 11.0. The first-order valence-corrected chi connectivity index (χ1v) is 12.6. The van der Waals surface area contributed by atoms with E-state index in [9.17, 15) is 18.0 Å². The van der Waals surface area contributed by atoms with Crippen LogP contribution in [-0.2, 0) is 39.0 Å². The van der Waals surface area contributed by atoms with Gasteiger partial charge in [-0.1, -0.05) is 24.3 Å². The van der Waals surface area contributed by atoms with Crippen LogP contribution in [0.5, 0.6) is 0 Å². The number of halogens is 1. The van der Waals surface area contributed by atoms with E-state index in [2.05, 4.69) is 10.3 Å². The van der Waals surface area contributed by atoms with E-state index in [1.165, 1.54) is 12.1 Å². The highest BCUT2D eigenvalue weighted by Gasteiger charge is 2.32. The number of hydrogen-bond acceptors (Lipinski definition) is 5. The van der Waals surface area contributed by atoms with Crippen LogP contribution in [0.2, 0.25) is 0 Å². The van der Waals surface area contributed by atoms with Gasteiger partial charge in [-0.15, -0.1) is 12.4 Å². The van der Waals surface area contributed by atoms with Crippen LogP contribution in [-0.4, -0.2) is 48.2 Å². The minimum Gasteiger partial charge on any atom is -0.361 e. The molecule has 0 saturated carbocycles. The van der Waals surface area contributed by atoms with Crippen LogP contribution in [0.4, 0.5) is 0 Å². The number of para-hydroxylation sites is 1. The summed E-state index contributed by atoms with van der Waals surface area (Å²) in [5.41, 5.74) is 8.36. The van der Waals surface area contributed by atoms with Gasteiger partial charge in [0.05, 0.1) is 10.4 Å². The Kier molecular flexibility index (Phi) is 7.61. The molecule has 0 radical (unpaired) electrons. The summed E-state index contributed by atoms with van der Waals surface area (Å²) in [6.07, 6.45) is 2.70. The van der Waals surface area contributed by atoms with Crippen molar-refractivity contribution < 1.29 is 18.0 Å². The molecule has 0 aliphatic carbocycles. The van der Waals surface area contributed by atoms with Crippen molar-refractivity contribution in [1.29, 1.82) is 0 Å². The van der Waals surface area contributed by atoms with Gasteiger partial charge in [0.1, 0.15) is 6.04 Å². The molecule has 1 aliphatic heterocycles. The van der Waals surface area contributed by atoms with Crippen molar-refractivity contribution in [2.45, 2.75) is 49.7 Å². The van der Waals surface area contributed by atoms with Gasteiger partial charge < -0.3 is 20.9 Å². The molecule has 1 aliphatic rings. The van der Waals surface area contributed by atoms with E-state index in [1.807, 2.05) is 30.5 Å². The van der Waals surface area contributed by atoms with Gasteiger partial charge in [-0.2, -0.15) is 0 Å². The SMILES string of the molecule is CC(C)(N)C(=O)NC(Cc1c[nH]c2ccccc12)C(=O)N1CCc2ccc(S(N)(=O)=O)cc2C1.Cl. The third-order valence-electron chi connectivity index (χ3n) is 6.12. The Morgan fingerprint density at radius 2 is 1.89 bits per heavy atom. The number of nitrogens with two attached hydrogens (primary N) is 2. The smallest absolute Gasteiger partial charge is 0.245 e. The first kappa shape index (κ1) is 26.7. The lowest BCUT2D eigenvalue weighted by Gasteiger charge is -2.33. The molecule has 1 unspecified atom stereocenters. The number of hydrogen-bond donors (Lipinski definition) is 4. The molecule has 0 spiro atoms. The van der Waals surface area contributed by atoms with Crippen molar-refractivity contribution in [2.24, 2.45) is 10.9 Å². The van der Waals surface area contributed by atoms with Gasteiger partial charge >= 0.3 is 0 Å². The zero-order chi connectivity index (χ0) is 24.7. The largest absolute Gasteiger partial charge is 0.361 e. The molecule has 0 saturated heterocycles. The third-order valence-corrected chi connectivity index (χ3v) is 7.03. The third kappa shape index (κ3) is 5.84. The topological polar surface area (TPSA) is 151 Å². The van der Waals surface area contributed by atoms with Crippen LogP contribution >= 0.6 is 12.4 Å². The minimum atomic E-state index is -3.86. The van der Waals surface area contributed by atoms with Crippen LogP contribution in [0, 0.1) is 0 Å². The minimum absolute atomic E-state index is 0. The number of nitrogens with zero attached hydrogens (tertiary/aromatic N) is 1. The summed E-state index contributed by atoms with van der Waals surface area (Å²) >= 11 is 0. The van der Waals surface area contributed by atoms with Gasteiger partial charge in [-0.05, 0) is 55.2 Å². The molecule has 4 rings (SSSR count). The average Bonchev–Trinajstić information content (AvgIpc) is 3.19. The lowest BCUT2D eigenvalue weighted by molar-refractivity contribution is -0.138. The van der Waals surface area contributed by atoms with E-state index >= 15 is 0 Å². The Balaban J connectivity index is 0.00000342. The highest BCUT2D eigenvalue weighted by atomic mass is 35.5. The quantitative estimate of drug-likeness (QED) is 0.389. The maximum absolute atomic E-state index is 13.6. The van der Waals surface area contributed by atoms with Crippen molar-refractivity contribution in [2.75, 3.05) is 6.54 Å². The number of benzene rings is 2. The molecular weight excluding hydrogens is 490 g/mol. The summed E-state index contributed by atoms with van der Waals surface area (Å²) in [6.45, 7) is 3.85. The molecule has 0 fully saturated rings. The van der Waals surface area contributed by atoms with Crippen LogP contribution in [0.3, 0.4) is 0 Å². The lowest BCUT2D eigenvalue weighted by Crippen LogP contribution is -2.57. The fourth-order valence-electron chi connectivity index (χ4n) is 4.18. The summed E-state index contributed by atoms with van der Waals surface area (Å²) in [6, 6.07) is 11.6. The summed E-state index contributed by atoms with van der Waals surface area (Å²) in [5.74, 6) is -0.686. The maximum Gasteiger partial charge on any atom is 0.245 e. The van der Waals surface area contributed by atoms with Gasteiger partial charge in [0.15, 0.2) is 0 Å². The Bertz CT molecular complexity index is 1360. The number of sulfonamides is 1. The van der Waals surface area contributed by atoms with Gasteiger partial charge in [0, 0.05) is 36.6 Å². The average molecular weight is 520 g/mol. The van der Waals surface area contributed by atoms with E-state index in [1.54, 1.807) is 24.8 Å². The highest BCUT2D eigenvalue weighted by molar-refractivity contribution is 7.89. The Hall–Kier alpha value is -2.92. The molecule has 6 N–H and O–H groups in total. The molecule has 2 aromatic carbocycles. The molecule has 1 atom stereocenters. The number of aromatic nitrogens is 1. The standard InChI is InChI=1S/C24H29N5O4S.ClH/c1-24(2,25)23(31)28-21(12-16-13-27-20-6-4-3-5-19(16)20)22(30)29-10-9-15-7-8-18(34(26,32)33)11-17(15)14-29;/h3-8,11,13,21,27H,9-10,12,14,25H2,1-2H3,(H,28,31)(H2,26,32,33);1H. The molecule has 1 aromatic heterocycles. The fourth-order valence-corrected chi connectivity index (χ4v) is 4.75. The Labute approximate surface area is 210 Å². The second-order valence-electron chi connectivity index (χ2n) is 9.30. The monoisotopic (exact) mass is 519 g/mol. The van der Waals surface area contributed by atoms with E-state index in [0.29, 0.717) is 13.0 Å². The van der Waals surface area contributed by atoms with Crippen molar-refractivity contribution >= 4 is 45.1 Å². The van der Waals surface area contributed by atoms with E-state index in [4.69, 9.17) is 10.9 Å². The number of carbonyl (C=O) groups is 2. The van der Waals surface area contributed by atoms with E-state index in [-0.39, 0.29) is 36.2 Å². The van der Waals surface area contributed by atoms with Crippen molar-refractivity contribution in [3.8, 4) is 0 Å². The van der Waals surface area contributed by atoms with Gasteiger partial charge in [0.25, 0.3) is 0 Å². The zero-order valence-corrected chi connectivity index (χ0v) is 21.2.